The maximum absolute atomic E-state index is 11.5. The molecule has 34 heavy (non-hydrogen) atoms. The summed E-state index contributed by atoms with van der Waals surface area (Å²) in [7, 11) is -3.05. The summed E-state index contributed by atoms with van der Waals surface area (Å²) in [5.74, 6) is 2.80. The maximum Gasteiger partial charge on any atom is 0.266 e. The Hall–Kier alpha value is -2.94. The molecule has 4 heterocycles. The van der Waals surface area contributed by atoms with Gasteiger partial charge in [-0.15, -0.1) is 0 Å². The van der Waals surface area contributed by atoms with Gasteiger partial charge >= 0.3 is 0 Å². The van der Waals surface area contributed by atoms with Crippen LogP contribution in [0.15, 0.2) is 41.1 Å². The molecule has 0 spiro atoms. The Bertz CT molecular complexity index is 1250. The highest BCUT2D eigenvalue weighted by Crippen LogP contribution is 2.37. The maximum atomic E-state index is 11.5. The van der Waals surface area contributed by atoms with Gasteiger partial charge in [0.1, 0.15) is 11.9 Å². The van der Waals surface area contributed by atoms with E-state index in [1.54, 1.807) is 0 Å². The lowest BCUT2D eigenvalue weighted by Gasteiger charge is -2.33. The summed E-state index contributed by atoms with van der Waals surface area (Å²) in [6.45, 7) is 3.90. The first kappa shape index (κ1) is 22.8. The van der Waals surface area contributed by atoms with Crippen LogP contribution in [-0.2, 0) is 28.4 Å². The first-order valence-electron chi connectivity index (χ1n) is 11.9. The van der Waals surface area contributed by atoms with Gasteiger partial charge in [0.2, 0.25) is 5.89 Å². The highest BCUT2D eigenvalue weighted by molar-refractivity contribution is 7.89. The van der Waals surface area contributed by atoms with Gasteiger partial charge in [-0.2, -0.15) is 4.98 Å². The van der Waals surface area contributed by atoms with Crippen molar-refractivity contribution in [3.8, 4) is 17.0 Å². The minimum absolute atomic E-state index is 0.0475. The molecule has 5 rings (SSSR count). The molecule has 0 amide bonds. The lowest BCUT2D eigenvalue weighted by atomic mass is 9.89. The monoisotopic (exact) mass is 482 g/mol. The van der Waals surface area contributed by atoms with E-state index in [0.29, 0.717) is 17.8 Å². The number of aryl methyl sites for hydroxylation is 1. The molecule has 2 aromatic heterocycles. The molecule has 2 aliphatic rings. The molecule has 0 saturated carbocycles. The zero-order valence-corrected chi connectivity index (χ0v) is 20.4. The smallest absolute Gasteiger partial charge is 0.266 e. The number of benzene rings is 1. The van der Waals surface area contributed by atoms with Crippen molar-refractivity contribution in [1.82, 2.24) is 15.1 Å². The second-order valence-electron chi connectivity index (χ2n) is 9.37. The number of hydrogen-bond acceptors (Lipinski definition) is 8. The van der Waals surface area contributed by atoms with Gasteiger partial charge in [0.15, 0.2) is 9.84 Å². The van der Waals surface area contributed by atoms with Gasteiger partial charge < -0.3 is 14.2 Å². The average Bonchev–Trinajstić information content (AvgIpc) is 3.46. The summed E-state index contributed by atoms with van der Waals surface area (Å²) >= 11 is 0. The molecule has 1 fully saturated rings. The van der Waals surface area contributed by atoms with Gasteiger partial charge in [-0.25, -0.2) is 8.42 Å². The van der Waals surface area contributed by atoms with Gasteiger partial charge in [-0.3, -0.25) is 4.98 Å². The third-order valence-electron chi connectivity index (χ3n) is 6.60. The Labute approximate surface area is 200 Å². The van der Waals surface area contributed by atoms with Gasteiger partial charge in [0.25, 0.3) is 5.95 Å². The van der Waals surface area contributed by atoms with Crippen LogP contribution in [0.25, 0.3) is 11.3 Å². The predicted molar refractivity (Wildman–Crippen MR) is 130 cm³/mol. The molecule has 1 atom stereocenters. The van der Waals surface area contributed by atoms with Gasteiger partial charge in [-0.05, 0) is 42.0 Å². The number of pyridine rings is 1. The van der Waals surface area contributed by atoms with Crippen LogP contribution in [0.3, 0.4) is 0 Å². The number of aromatic nitrogens is 3. The van der Waals surface area contributed by atoms with Gasteiger partial charge in [0.05, 0.1) is 17.6 Å². The van der Waals surface area contributed by atoms with Crippen molar-refractivity contribution in [2.45, 2.75) is 50.9 Å². The van der Waals surface area contributed by atoms with Crippen molar-refractivity contribution in [2.75, 3.05) is 24.2 Å². The number of ether oxygens (including phenoxy) is 1. The van der Waals surface area contributed by atoms with E-state index >= 15 is 0 Å². The third-order valence-corrected chi connectivity index (χ3v) is 7.45. The molecule has 0 radical (unpaired) electrons. The predicted octanol–water partition coefficient (Wildman–Crippen LogP) is 3.85. The summed E-state index contributed by atoms with van der Waals surface area (Å²) in [6, 6.07) is 9.68. The summed E-state index contributed by atoms with van der Waals surface area (Å²) in [5, 5.41) is 4.15. The largest absolute Gasteiger partial charge is 0.488 e. The minimum atomic E-state index is -3.05. The second kappa shape index (κ2) is 9.37. The van der Waals surface area contributed by atoms with Crippen LogP contribution in [0, 0.1) is 5.92 Å². The fourth-order valence-corrected chi connectivity index (χ4v) is 5.63. The molecule has 0 aliphatic carbocycles. The fraction of sp³-hybridized carbons (Fsp3) is 0.480. The second-order valence-corrected chi connectivity index (χ2v) is 11.5. The van der Waals surface area contributed by atoms with Crippen LogP contribution in [0.4, 0.5) is 5.95 Å². The van der Waals surface area contributed by atoms with Crippen molar-refractivity contribution in [1.29, 1.82) is 0 Å². The number of fused-ring (bicyclic) bond motifs is 1. The Kier molecular flexibility index (Phi) is 6.29. The molecule has 8 nitrogen and oxygen atoms in total. The molecular weight excluding hydrogens is 452 g/mol. The van der Waals surface area contributed by atoms with E-state index in [-0.39, 0.29) is 11.9 Å². The van der Waals surface area contributed by atoms with Crippen molar-refractivity contribution in [3.63, 3.8) is 0 Å². The molecule has 1 aromatic carbocycles. The summed E-state index contributed by atoms with van der Waals surface area (Å²) in [5.41, 5.74) is 3.81. The third kappa shape index (κ3) is 5.09. The lowest BCUT2D eigenvalue weighted by Crippen LogP contribution is -2.39. The number of hydrogen-bond donors (Lipinski definition) is 0. The van der Waals surface area contributed by atoms with E-state index in [2.05, 4.69) is 33.0 Å². The van der Waals surface area contributed by atoms with E-state index in [9.17, 15) is 8.42 Å². The van der Waals surface area contributed by atoms with Crippen LogP contribution >= 0.6 is 0 Å². The first-order chi connectivity index (χ1) is 16.4. The van der Waals surface area contributed by atoms with Crippen molar-refractivity contribution in [2.24, 2.45) is 5.92 Å². The van der Waals surface area contributed by atoms with Crippen molar-refractivity contribution < 1.29 is 17.7 Å². The fourth-order valence-electron chi connectivity index (χ4n) is 4.83. The van der Waals surface area contributed by atoms with Crippen LogP contribution in [0.5, 0.6) is 5.75 Å². The number of piperidine rings is 1. The van der Waals surface area contributed by atoms with Gasteiger partial charge in [0, 0.05) is 43.3 Å². The van der Waals surface area contributed by atoms with E-state index < -0.39 is 9.84 Å². The number of nitrogens with zero attached hydrogens (tertiary/aromatic N) is 4. The molecule has 0 N–H and O–H groups in total. The molecule has 9 heteroatoms. The zero-order chi connectivity index (χ0) is 23.7. The quantitative estimate of drug-likeness (QED) is 0.501. The molecular formula is C25H30N4O4S. The number of rotatable bonds is 7. The van der Waals surface area contributed by atoms with E-state index in [4.69, 9.17) is 9.26 Å². The number of sulfone groups is 1. The Balaban J connectivity index is 1.20. The highest BCUT2D eigenvalue weighted by atomic mass is 32.2. The van der Waals surface area contributed by atoms with Crippen molar-refractivity contribution in [3.05, 3.63) is 53.5 Å². The summed E-state index contributed by atoms with van der Waals surface area (Å²) in [6.07, 6.45) is 7.97. The minimum Gasteiger partial charge on any atom is -0.488 e. The number of anilines is 1. The first-order valence-corrected chi connectivity index (χ1v) is 13.9. The van der Waals surface area contributed by atoms with Crippen LogP contribution in [0.1, 0.15) is 43.2 Å². The molecule has 3 aromatic rings. The summed E-state index contributed by atoms with van der Waals surface area (Å²) in [4.78, 5) is 11.3. The molecule has 180 valence electrons. The highest BCUT2D eigenvalue weighted by Gasteiger charge is 2.34. The lowest BCUT2D eigenvalue weighted by molar-refractivity contribution is 0.138. The van der Waals surface area contributed by atoms with Gasteiger partial charge in [-0.1, -0.05) is 31.2 Å². The Morgan fingerprint density at radius 2 is 1.91 bits per heavy atom. The topological polar surface area (TPSA) is 98.4 Å². The van der Waals surface area contributed by atoms with Crippen LogP contribution in [-0.4, -0.2) is 49.0 Å². The van der Waals surface area contributed by atoms with Crippen molar-refractivity contribution >= 4 is 15.8 Å². The molecule has 2 aliphatic heterocycles. The normalized spacial score (nSPS) is 18.6. The van der Waals surface area contributed by atoms with E-state index in [1.165, 1.54) is 11.8 Å². The Morgan fingerprint density at radius 1 is 1.15 bits per heavy atom. The standard InChI is InChI=1S/C25H30N4O4S/c1-3-4-24-27-25(28-33-24)29-11-9-19(10-12-29)22-14-20-13-21(26-15-23(20)32-22)18-7-5-17(6-8-18)16-34(2,30)31/h5-8,13,15,19,22H,3-4,9-12,14,16H2,1-2H3. The Morgan fingerprint density at radius 3 is 2.62 bits per heavy atom. The van der Waals surface area contributed by atoms with E-state index in [1.807, 2.05) is 30.5 Å². The molecule has 1 unspecified atom stereocenters. The molecule has 1 saturated heterocycles. The van der Waals surface area contributed by atoms with Crippen LogP contribution < -0.4 is 9.64 Å². The van der Waals surface area contributed by atoms with E-state index in [0.717, 1.165) is 67.8 Å². The average molecular weight is 483 g/mol. The van der Waals surface area contributed by atoms with Crippen LogP contribution in [0.2, 0.25) is 0 Å². The zero-order valence-electron chi connectivity index (χ0n) is 19.6. The summed E-state index contributed by atoms with van der Waals surface area (Å²) < 4.78 is 34.7. The SMILES string of the molecule is CCCc1nc(N2CCC(C3Cc4cc(-c5ccc(CS(C)(=O)=O)cc5)ncc4O3)CC2)no1. The molecule has 0 bridgehead atoms.